The highest BCUT2D eigenvalue weighted by molar-refractivity contribution is 5.76. The van der Waals surface area contributed by atoms with Crippen LogP contribution in [0.1, 0.15) is 44.6 Å². The number of carbonyl (C=O) groups is 1. The van der Waals surface area contributed by atoms with Crippen molar-refractivity contribution >= 4 is 5.91 Å². The Morgan fingerprint density at radius 1 is 1.26 bits per heavy atom. The molecule has 2 aliphatic heterocycles. The molecule has 1 atom stereocenters. The number of likely N-dealkylation sites (tertiary alicyclic amines) is 1. The van der Waals surface area contributed by atoms with Gasteiger partial charge in [0.1, 0.15) is 12.4 Å². The van der Waals surface area contributed by atoms with E-state index in [1.54, 1.807) is 0 Å². The van der Waals surface area contributed by atoms with Gasteiger partial charge < -0.3 is 14.4 Å². The summed E-state index contributed by atoms with van der Waals surface area (Å²) in [5.74, 6) is 1.18. The summed E-state index contributed by atoms with van der Waals surface area (Å²) in [4.78, 5) is 14.3. The zero-order valence-electron chi connectivity index (χ0n) is 14.1. The van der Waals surface area contributed by atoms with Crippen molar-refractivity contribution in [1.82, 2.24) is 4.90 Å². The number of aryl methyl sites for hydroxylation is 1. The second-order valence-corrected chi connectivity index (χ2v) is 6.58. The number of ether oxygens (including phenoxy) is 2. The second kappa shape index (κ2) is 7.35. The lowest BCUT2D eigenvalue weighted by atomic mass is 9.92. The zero-order chi connectivity index (χ0) is 16.1. The van der Waals surface area contributed by atoms with Crippen LogP contribution in [0, 0.1) is 0 Å². The van der Waals surface area contributed by atoms with Crippen molar-refractivity contribution in [3.05, 3.63) is 29.8 Å². The number of amides is 1. The van der Waals surface area contributed by atoms with Gasteiger partial charge in [-0.3, -0.25) is 4.79 Å². The van der Waals surface area contributed by atoms with Crippen LogP contribution in [-0.2, 0) is 16.0 Å². The molecule has 0 saturated carbocycles. The predicted molar refractivity (Wildman–Crippen MR) is 89.7 cm³/mol. The maximum absolute atomic E-state index is 12.3. The summed E-state index contributed by atoms with van der Waals surface area (Å²) in [6, 6.07) is 8.12. The predicted octanol–water partition coefficient (Wildman–Crippen LogP) is 3.19. The summed E-state index contributed by atoms with van der Waals surface area (Å²) >= 11 is 0. The van der Waals surface area contributed by atoms with Gasteiger partial charge in [-0.2, -0.15) is 0 Å². The molecule has 2 saturated heterocycles. The average molecular weight is 317 g/mol. The minimum absolute atomic E-state index is 0.0277. The Balaban J connectivity index is 1.52. The Morgan fingerprint density at radius 3 is 2.91 bits per heavy atom. The fourth-order valence-corrected chi connectivity index (χ4v) is 3.67. The number of benzene rings is 1. The van der Waals surface area contributed by atoms with Crippen LogP contribution >= 0.6 is 0 Å². The lowest BCUT2D eigenvalue weighted by molar-refractivity contribution is -0.131. The Bertz CT molecular complexity index is 537. The maximum atomic E-state index is 12.3. The molecule has 1 spiro atoms. The standard InChI is InChI=1S/C19H27NO3/c1-2-16-6-3-4-7-17(16)22-15-13-20-12-11-19(9-5-14-23-19)10-8-18(20)21/h3-4,6-7H,2,5,8-15H2,1H3. The Labute approximate surface area is 138 Å². The normalized spacial score (nSPS) is 24.9. The molecule has 0 aromatic heterocycles. The van der Waals surface area contributed by atoms with Gasteiger partial charge in [-0.25, -0.2) is 0 Å². The quantitative estimate of drug-likeness (QED) is 0.837. The van der Waals surface area contributed by atoms with Gasteiger partial charge in [-0.05, 0) is 43.7 Å². The molecule has 23 heavy (non-hydrogen) atoms. The highest BCUT2D eigenvalue weighted by Gasteiger charge is 2.38. The number of carbonyl (C=O) groups excluding carboxylic acids is 1. The number of hydrogen-bond acceptors (Lipinski definition) is 3. The third-order valence-electron chi connectivity index (χ3n) is 5.14. The second-order valence-electron chi connectivity index (χ2n) is 6.58. The number of para-hydroxylation sites is 1. The van der Waals surface area contributed by atoms with Gasteiger partial charge in [-0.1, -0.05) is 25.1 Å². The van der Waals surface area contributed by atoms with Gasteiger partial charge in [-0.15, -0.1) is 0 Å². The van der Waals surface area contributed by atoms with E-state index in [2.05, 4.69) is 13.0 Å². The van der Waals surface area contributed by atoms with Gasteiger partial charge in [0.15, 0.2) is 0 Å². The molecular weight excluding hydrogens is 290 g/mol. The molecule has 3 rings (SSSR count). The first kappa shape index (κ1) is 16.3. The third-order valence-corrected chi connectivity index (χ3v) is 5.14. The van der Waals surface area contributed by atoms with E-state index in [4.69, 9.17) is 9.47 Å². The van der Waals surface area contributed by atoms with Crippen molar-refractivity contribution in [2.24, 2.45) is 0 Å². The average Bonchev–Trinajstić information content (AvgIpc) is 2.99. The zero-order valence-corrected chi connectivity index (χ0v) is 14.1. The van der Waals surface area contributed by atoms with E-state index in [9.17, 15) is 4.79 Å². The van der Waals surface area contributed by atoms with Crippen molar-refractivity contribution in [1.29, 1.82) is 0 Å². The van der Waals surface area contributed by atoms with Crippen LogP contribution in [0.15, 0.2) is 24.3 Å². The molecule has 1 amide bonds. The van der Waals surface area contributed by atoms with E-state index in [1.165, 1.54) is 5.56 Å². The Hall–Kier alpha value is -1.55. The van der Waals surface area contributed by atoms with Crippen LogP contribution in [0.2, 0.25) is 0 Å². The van der Waals surface area contributed by atoms with Crippen LogP contribution in [0.4, 0.5) is 0 Å². The van der Waals surface area contributed by atoms with Gasteiger partial charge in [0, 0.05) is 19.6 Å². The molecule has 0 radical (unpaired) electrons. The molecule has 2 heterocycles. The molecule has 1 aromatic rings. The van der Waals surface area contributed by atoms with Crippen molar-refractivity contribution in [3.63, 3.8) is 0 Å². The number of nitrogens with zero attached hydrogens (tertiary/aromatic N) is 1. The van der Waals surface area contributed by atoms with Crippen molar-refractivity contribution in [3.8, 4) is 5.75 Å². The smallest absolute Gasteiger partial charge is 0.222 e. The van der Waals surface area contributed by atoms with Crippen LogP contribution < -0.4 is 4.74 Å². The van der Waals surface area contributed by atoms with Crippen molar-refractivity contribution in [2.45, 2.75) is 51.0 Å². The van der Waals surface area contributed by atoms with Crippen LogP contribution in [0.25, 0.3) is 0 Å². The molecule has 4 heteroatoms. The summed E-state index contributed by atoms with van der Waals surface area (Å²) < 4.78 is 11.9. The molecule has 2 aliphatic rings. The minimum Gasteiger partial charge on any atom is -0.491 e. The Morgan fingerprint density at radius 2 is 2.13 bits per heavy atom. The molecule has 0 bridgehead atoms. The van der Waals surface area contributed by atoms with E-state index in [0.29, 0.717) is 19.6 Å². The molecule has 0 N–H and O–H groups in total. The van der Waals surface area contributed by atoms with Crippen molar-refractivity contribution < 1.29 is 14.3 Å². The van der Waals surface area contributed by atoms with Crippen LogP contribution in [0.5, 0.6) is 5.75 Å². The monoisotopic (exact) mass is 317 g/mol. The molecule has 1 aromatic carbocycles. The van der Waals surface area contributed by atoms with Gasteiger partial charge in [0.05, 0.1) is 12.1 Å². The van der Waals surface area contributed by atoms with Gasteiger partial charge >= 0.3 is 0 Å². The largest absolute Gasteiger partial charge is 0.491 e. The number of hydrogen-bond donors (Lipinski definition) is 0. The summed E-state index contributed by atoms with van der Waals surface area (Å²) in [5, 5.41) is 0. The minimum atomic E-state index is -0.0277. The molecule has 4 nitrogen and oxygen atoms in total. The highest BCUT2D eigenvalue weighted by atomic mass is 16.5. The first-order valence-corrected chi connectivity index (χ1v) is 8.85. The number of rotatable bonds is 5. The van der Waals surface area contributed by atoms with Crippen LogP contribution in [0.3, 0.4) is 0 Å². The molecule has 0 aliphatic carbocycles. The SMILES string of the molecule is CCc1ccccc1OCCN1CCC2(CCCO2)CCC1=O. The molecule has 2 fully saturated rings. The fourth-order valence-electron chi connectivity index (χ4n) is 3.67. The fraction of sp³-hybridized carbons (Fsp3) is 0.632. The first-order valence-electron chi connectivity index (χ1n) is 8.85. The van der Waals surface area contributed by atoms with E-state index >= 15 is 0 Å². The Kier molecular flexibility index (Phi) is 5.21. The topological polar surface area (TPSA) is 38.8 Å². The summed E-state index contributed by atoms with van der Waals surface area (Å²) in [6.45, 7) is 4.98. The summed E-state index contributed by atoms with van der Waals surface area (Å²) in [5.41, 5.74) is 1.19. The van der Waals surface area contributed by atoms with Gasteiger partial charge in [0.2, 0.25) is 5.91 Å². The lowest BCUT2D eigenvalue weighted by Gasteiger charge is -2.26. The van der Waals surface area contributed by atoms with E-state index in [0.717, 1.165) is 51.0 Å². The van der Waals surface area contributed by atoms with E-state index in [1.807, 2.05) is 23.1 Å². The van der Waals surface area contributed by atoms with Crippen LogP contribution in [-0.4, -0.2) is 42.7 Å². The lowest BCUT2D eigenvalue weighted by Crippen LogP contribution is -2.35. The molecule has 126 valence electrons. The third kappa shape index (κ3) is 3.86. The van der Waals surface area contributed by atoms with Gasteiger partial charge in [0.25, 0.3) is 0 Å². The first-order chi connectivity index (χ1) is 11.2. The molecular formula is C19H27NO3. The maximum Gasteiger partial charge on any atom is 0.222 e. The molecule has 1 unspecified atom stereocenters. The summed E-state index contributed by atoms with van der Waals surface area (Å²) in [7, 11) is 0. The van der Waals surface area contributed by atoms with E-state index < -0.39 is 0 Å². The summed E-state index contributed by atoms with van der Waals surface area (Å²) in [6.07, 6.45) is 5.63. The van der Waals surface area contributed by atoms with E-state index in [-0.39, 0.29) is 11.5 Å². The van der Waals surface area contributed by atoms with Crippen molar-refractivity contribution in [2.75, 3.05) is 26.3 Å². The highest BCUT2D eigenvalue weighted by Crippen LogP contribution is 2.35.